The van der Waals surface area contributed by atoms with Crippen LogP contribution in [-0.2, 0) is 0 Å². The lowest BCUT2D eigenvalue weighted by Crippen LogP contribution is -2.33. The third-order valence-electron chi connectivity index (χ3n) is 3.05. The maximum Gasteiger partial charge on any atom is 0.275 e. The molecule has 6 heteroatoms. The number of rotatable bonds is 8. The van der Waals surface area contributed by atoms with E-state index in [1.807, 2.05) is 14.1 Å². The van der Waals surface area contributed by atoms with Crippen molar-refractivity contribution in [3.8, 4) is 5.75 Å². The summed E-state index contributed by atoms with van der Waals surface area (Å²) in [5, 5.41) is 14.4. The van der Waals surface area contributed by atoms with E-state index in [9.17, 15) is 10.1 Å². The minimum absolute atomic E-state index is 0.0324. The van der Waals surface area contributed by atoms with Crippen LogP contribution < -0.4 is 10.1 Å². The smallest absolute Gasteiger partial charge is 0.275 e. The molecule has 0 aliphatic rings. The Kier molecular flexibility index (Phi) is 6.42. The van der Waals surface area contributed by atoms with Gasteiger partial charge in [0, 0.05) is 30.4 Å². The minimum Gasteiger partial charge on any atom is -0.496 e. The van der Waals surface area contributed by atoms with Gasteiger partial charge < -0.3 is 15.0 Å². The van der Waals surface area contributed by atoms with E-state index in [1.165, 1.54) is 13.2 Å². The van der Waals surface area contributed by atoms with Crippen molar-refractivity contribution in [2.45, 2.75) is 26.3 Å². The van der Waals surface area contributed by atoms with Crippen LogP contribution in [0.5, 0.6) is 5.75 Å². The molecule has 0 heterocycles. The summed E-state index contributed by atoms with van der Waals surface area (Å²) in [6, 6.07) is 4.99. The number of likely N-dealkylation sites (N-methyl/N-ethyl adjacent to an activating group) is 1. The molecule has 0 aromatic heterocycles. The van der Waals surface area contributed by atoms with Crippen molar-refractivity contribution in [1.29, 1.82) is 0 Å². The summed E-state index contributed by atoms with van der Waals surface area (Å²) in [5.74, 6) is 1.03. The first kappa shape index (κ1) is 17.2. The first-order valence-electron chi connectivity index (χ1n) is 7.06. The molecule has 1 rings (SSSR count). The fourth-order valence-electron chi connectivity index (χ4n) is 2.31. The summed E-state index contributed by atoms with van der Waals surface area (Å²) in [5.41, 5.74) is 0.749. The maximum atomic E-state index is 11.0. The summed E-state index contributed by atoms with van der Waals surface area (Å²) < 4.78 is 5.13. The second-order valence-electron chi connectivity index (χ2n) is 5.91. The number of nitro groups is 1. The molecular weight excluding hydrogens is 270 g/mol. The summed E-state index contributed by atoms with van der Waals surface area (Å²) in [4.78, 5) is 12.7. The highest BCUT2D eigenvalue weighted by Crippen LogP contribution is 2.26. The molecule has 0 radical (unpaired) electrons. The van der Waals surface area contributed by atoms with Gasteiger partial charge in [0.15, 0.2) is 0 Å². The molecule has 118 valence electrons. The fourth-order valence-corrected chi connectivity index (χ4v) is 2.31. The fraction of sp³-hybridized carbons (Fsp3) is 0.600. The molecule has 0 aliphatic heterocycles. The molecular formula is C15H25N3O3. The molecule has 1 aromatic carbocycles. The Bertz CT molecular complexity index is 465. The van der Waals surface area contributed by atoms with E-state index < -0.39 is 4.92 Å². The molecule has 6 nitrogen and oxygen atoms in total. The molecule has 1 aromatic rings. The largest absolute Gasteiger partial charge is 0.496 e. The number of nitrogens with zero attached hydrogens (tertiary/aromatic N) is 2. The molecule has 0 saturated heterocycles. The molecule has 0 aliphatic carbocycles. The van der Waals surface area contributed by atoms with Gasteiger partial charge in [0.05, 0.1) is 18.1 Å². The van der Waals surface area contributed by atoms with E-state index in [2.05, 4.69) is 24.1 Å². The Morgan fingerprint density at radius 3 is 2.48 bits per heavy atom. The van der Waals surface area contributed by atoms with Crippen molar-refractivity contribution in [3.05, 3.63) is 28.3 Å². The summed E-state index contributed by atoms with van der Waals surface area (Å²) in [7, 11) is 5.54. The van der Waals surface area contributed by atoms with E-state index in [4.69, 9.17) is 4.74 Å². The third-order valence-corrected chi connectivity index (χ3v) is 3.05. The Morgan fingerprint density at radius 1 is 1.33 bits per heavy atom. The van der Waals surface area contributed by atoms with Crippen molar-refractivity contribution < 1.29 is 9.66 Å². The van der Waals surface area contributed by atoms with Crippen molar-refractivity contribution in [2.24, 2.45) is 5.92 Å². The van der Waals surface area contributed by atoms with Gasteiger partial charge in [-0.2, -0.15) is 0 Å². The number of ether oxygens (including phenoxy) is 1. The number of nitro benzene ring substituents is 1. The van der Waals surface area contributed by atoms with Gasteiger partial charge in [-0.15, -0.1) is 0 Å². The number of nitrogens with one attached hydrogen (secondary N) is 1. The number of hydrogen-bond donors (Lipinski definition) is 1. The zero-order valence-corrected chi connectivity index (χ0v) is 13.4. The monoisotopic (exact) mass is 295 g/mol. The first-order valence-corrected chi connectivity index (χ1v) is 7.06. The van der Waals surface area contributed by atoms with Crippen molar-refractivity contribution in [3.63, 3.8) is 0 Å². The Balaban J connectivity index is 2.95. The van der Waals surface area contributed by atoms with Crippen LogP contribution in [0.15, 0.2) is 18.2 Å². The minimum atomic E-state index is -0.406. The highest BCUT2D eigenvalue weighted by Gasteiger charge is 2.15. The van der Waals surface area contributed by atoms with Crippen LogP contribution in [0.3, 0.4) is 0 Å². The molecule has 1 unspecified atom stereocenters. The third kappa shape index (κ3) is 5.99. The molecule has 0 bridgehead atoms. The predicted octanol–water partition coefficient (Wildman–Crippen LogP) is 2.99. The second kappa shape index (κ2) is 7.83. The van der Waals surface area contributed by atoms with Gasteiger partial charge >= 0.3 is 0 Å². The molecule has 21 heavy (non-hydrogen) atoms. The second-order valence-corrected chi connectivity index (χ2v) is 5.91. The maximum absolute atomic E-state index is 11.0. The van der Waals surface area contributed by atoms with E-state index >= 15 is 0 Å². The van der Waals surface area contributed by atoms with E-state index in [0.29, 0.717) is 17.4 Å². The van der Waals surface area contributed by atoms with Crippen LogP contribution in [0, 0.1) is 16.0 Å². The number of anilines is 1. The molecule has 0 spiro atoms. The zero-order chi connectivity index (χ0) is 16.0. The standard InChI is InChI=1S/C15H25N3O3/c1-11(2)6-13(10-17(3)4)16-12-7-14(18(19)20)9-15(8-12)21-5/h7-9,11,13,16H,6,10H2,1-5H3. The van der Waals surface area contributed by atoms with Gasteiger partial charge in [-0.05, 0) is 26.4 Å². The van der Waals surface area contributed by atoms with Gasteiger partial charge in [-0.25, -0.2) is 0 Å². The molecule has 1 atom stereocenters. The van der Waals surface area contributed by atoms with Crippen LogP contribution in [0.4, 0.5) is 11.4 Å². The van der Waals surface area contributed by atoms with E-state index in [0.717, 1.165) is 13.0 Å². The van der Waals surface area contributed by atoms with Crippen LogP contribution in [0.2, 0.25) is 0 Å². The normalized spacial score (nSPS) is 12.5. The van der Waals surface area contributed by atoms with Crippen molar-refractivity contribution >= 4 is 11.4 Å². The topological polar surface area (TPSA) is 67.6 Å². The lowest BCUT2D eigenvalue weighted by molar-refractivity contribution is -0.384. The number of methoxy groups -OCH3 is 1. The van der Waals surface area contributed by atoms with Crippen LogP contribution in [-0.4, -0.2) is 43.6 Å². The van der Waals surface area contributed by atoms with Crippen LogP contribution in [0.25, 0.3) is 0 Å². The average Bonchev–Trinajstić information content (AvgIpc) is 2.36. The van der Waals surface area contributed by atoms with Crippen LogP contribution in [0.1, 0.15) is 20.3 Å². The summed E-state index contributed by atoms with van der Waals surface area (Å²) in [6.07, 6.45) is 0.989. The number of non-ortho nitro benzene ring substituents is 1. The van der Waals surface area contributed by atoms with Gasteiger partial charge in [0.2, 0.25) is 0 Å². The molecule has 0 fully saturated rings. The zero-order valence-electron chi connectivity index (χ0n) is 13.4. The Hall–Kier alpha value is -1.82. The number of benzene rings is 1. The Morgan fingerprint density at radius 2 is 2.00 bits per heavy atom. The van der Waals surface area contributed by atoms with E-state index in [1.54, 1.807) is 12.1 Å². The highest BCUT2D eigenvalue weighted by molar-refractivity contribution is 5.56. The lowest BCUT2D eigenvalue weighted by atomic mass is 10.0. The lowest BCUT2D eigenvalue weighted by Gasteiger charge is -2.25. The molecule has 1 N–H and O–H groups in total. The highest BCUT2D eigenvalue weighted by atomic mass is 16.6. The summed E-state index contributed by atoms with van der Waals surface area (Å²) in [6.45, 7) is 5.19. The number of hydrogen-bond acceptors (Lipinski definition) is 5. The Labute approximate surface area is 126 Å². The van der Waals surface area contributed by atoms with Gasteiger partial charge in [-0.1, -0.05) is 13.8 Å². The van der Waals surface area contributed by atoms with Gasteiger partial charge in [-0.3, -0.25) is 10.1 Å². The molecule has 0 saturated carbocycles. The average molecular weight is 295 g/mol. The molecule has 0 amide bonds. The van der Waals surface area contributed by atoms with E-state index in [-0.39, 0.29) is 11.7 Å². The summed E-state index contributed by atoms with van der Waals surface area (Å²) >= 11 is 0. The van der Waals surface area contributed by atoms with Crippen LogP contribution >= 0.6 is 0 Å². The van der Waals surface area contributed by atoms with Gasteiger partial charge in [0.25, 0.3) is 5.69 Å². The van der Waals surface area contributed by atoms with Crippen molar-refractivity contribution in [1.82, 2.24) is 4.90 Å². The SMILES string of the molecule is COc1cc(NC(CC(C)C)CN(C)C)cc([N+](=O)[O-])c1. The quantitative estimate of drug-likeness (QED) is 0.590. The van der Waals surface area contributed by atoms with Gasteiger partial charge in [0.1, 0.15) is 5.75 Å². The van der Waals surface area contributed by atoms with Crippen molar-refractivity contribution in [2.75, 3.05) is 33.1 Å². The first-order chi connectivity index (χ1) is 9.81. The predicted molar refractivity (Wildman–Crippen MR) is 85.1 cm³/mol.